The van der Waals surface area contributed by atoms with Gasteiger partial charge in [0.25, 0.3) is 0 Å². The van der Waals surface area contributed by atoms with Crippen LogP contribution >= 0.6 is 11.3 Å². The maximum absolute atomic E-state index is 2.49. The van der Waals surface area contributed by atoms with Crippen molar-refractivity contribution in [3.8, 4) is 16.8 Å². The molecule has 2 aromatic heterocycles. The van der Waals surface area contributed by atoms with Crippen LogP contribution < -0.4 is 4.90 Å². The fourth-order valence-corrected chi connectivity index (χ4v) is 9.62. The molecule has 2 heterocycles. The van der Waals surface area contributed by atoms with Crippen molar-refractivity contribution >= 4 is 91.9 Å². The van der Waals surface area contributed by atoms with Crippen LogP contribution in [0.2, 0.25) is 0 Å². The van der Waals surface area contributed by atoms with Crippen LogP contribution in [-0.2, 0) is 0 Å². The van der Waals surface area contributed by atoms with Crippen LogP contribution in [0.3, 0.4) is 0 Å². The fourth-order valence-electron chi connectivity index (χ4n) is 8.36. The SMILES string of the molecule is c1ccc(-c2ccc(N(c3ccc4c(ccc5ccccc54)c3)c3ccc4c(c3)c3ccccc3n4-c3ccccc3)c3c2sc2ccccc23)cc1. The molecule has 0 aliphatic heterocycles. The topological polar surface area (TPSA) is 8.17 Å². The van der Waals surface area contributed by atoms with E-state index in [4.69, 9.17) is 0 Å². The molecule has 2 nitrogen and oxygen atoms in total. The lowest BCUT2D eigenvalue weighted by atomic mass is 9.99. The quantitative estimate of drug-likeness (QED) is 0.163. The maximum atomic E-state index is 2.49. The van der Waals surface area contributed by atoms with Gasteiger partial charge in [-0.2, -0.15) is 0 Å². The summed E-state index contributed by atoms with van der Waals surface area (Å²) in [7, 11) is 0. The molecule has 11 aromatic rings. The number of para-hydroxylation sites is 2. The molecule has 0 spiro atoms. The van der Waals surface area contributed by atoms with Gasteiger partial charge in [-0.3, -0.25) is 0 Å². The van der Waals surface area contributed by atoms with Crippen molar-refractivity contribution in [1.82, 2.24) is 4.57 Å². The number of nitrogens with zero attached hydrogens (tertiary/aromatic N) is 2. The van der Waals surface area contributed by atoms with Crippen molar-refractivity contribution in [2.75, 3.05) is 4.90 Å². The molecule has 0 aliphatic carbocycles. The van der Waals surface area contributed by atoms with Crippen LogP contribution in [0.25, 0.3) is 80.3 Å². The average molecular weight is 693 g/mol. The molecule has 0 fully saturated rings. The van der Waals surface area contributed by atoms with Crippen LogP contribution in [0.15, 0.2) is 194 Å². The Bertz CT molecular complexity index is 3170. The lowest BCUT2D eigenvalue weighted by Gasteiger charge is -2.27. The van der Waals surface area contributed by atoms with Gasteiger partial charge in [-0.25, -0.2) is 0 Å². The molecule has 0 N–H and O–H groups in total. The van der Waals surface area contributed by atoms with E-state index in [-0.39, 0.29) is 0 Å². The highest BCUT2D eigenvalue weighted by molar-refractivity contribution is 7.26. The van der Waals surface area contributed by atoms with Gasteiger partial charge in [0, 0.05) is 48.0 Å². The van der Waals surface area contributed by atoms with Crippen molar-refractivity contribution in [2.24, 2.45) is 0 Å². The molecule has 0 atom stereocenters. The average Bonchev–Trinajstić information content (AvgIpc) is 3.78. The lowest BCUT2D eigenvalue weighted by Crippen LogP contribution is -2.10. The number of hydrogen-bond acceptors (Lipinski definition) is 2. The van der Waals surface area contributed by atoms with E-state index in [0.717, 1.165) is 17.1 Å². The van der Waals surface area contributed by atoms with Gasteiger partial charge in [-0.15, -0.1) is 11.3 Å². The van der Waals surface area contributed by atoms with E-state index in [0.29, 0.717) is 0 Å². The van der Waals surface area contributed by atoms with Gasteiger partial charge in [-0.1, -0.05) is 133 Å². The number of thiophene rings is 1. The Balaban J connectivity index is 1.22. The Morgan fingerprint density at radius 2 is 1.06 bits per heavy atom. The third kappa shape index (κ3) is 4.71. The summed E-state index contributed by atoms with van der Waals surface area (Å²) in [5, 5.41) is 10.0. The van der Waals surface area contributed by atoms with Crippen LogP contribution in [0.4, 0.5) is 17.1 Å². The third-order valence-electron chi connectivity index (χ3n) is 10.7. The van der Waals surface area contributed by atoms with Crippen molar-refractivity contribution < 1.29 is 0 Å². The van der Waals surface area contributed by atoms with Crippen molar-refractivity contribution in [1.29, 1.82) is 0 Å². The Kier molecular flexibility index (Phi) is 6.76. The molecule has 0 saturated carbocycles. The Morgan fingerprint density at radius 3 is 1.92 bits per heavy atom. The molecule has 11 rings (SSSR count). The molecule has 0 unspecified atom stereocenters. The van der Waals surface area contributed by atoms with E-state index >= 15 is 0 Å². The van der Waals surface area contributed by atoms with Gasteiger partial charge in [-0.05, 0) is 93.3 Å². The minimum Gasteiger partial charge on any atom is -0.310 e. The van der Waals surface area contributed by atoms with Crippen LogP contribution in [0.1, 0.15) is 0 Å². The first-order valence-electron chi connectivity index (χ1n) is 18.1. The first-order chi connectivity index (χ1) is 26.3. The van der Waals surface area contributed by atoms with Gasteiger partial charge in [0.2, 0.25) is 0 Å². The molecular formula is C50H32N2S. The number of rotatable bonds is 5. The van der Waals surface area contributed by atoms with E-state index in [1.807, 2.05) is 11.3 Å². The highest BCUT2D eigenvalue weighted by atomic mass is 32.1. The number of anilines is 3. The zero-order valence-electron chi connectivity index (χ0n) is 28.8. The van der Waals surface area contributed by atoms with Crippen molar-refractivity contribution in [2.45, 2.75) is 0 Å². The van der Waals surface area contributed by atoms with E-state index in [1.165, 1.54) is 80.3 Å². The fraction of sp³-hybridized carbons (Fsp3) is 0. The van der Waals surface area contributed by atoms with Gasteiger partial charge in [0.1, 0.15) is 0 Å². The minimum absolute atomic E-state index is 1.12. The van der Waals surface area contributed by atoms with Crippen molar-refractivity contribution in [3.05, 3.63) is 194 Å². The summed E-state index contributed by atoms with van der Waals surface area (Å²) < 4.78 is 4.98. The van der Waals surface area contributed by atoms with E-state index in [1.54, 1.807) is 0 Å². The molecule has 3 heteroatoms. The number of fused-ring (bicyclic) bond motifs is 9. The zero-order valence-corrected chi connectivity index (χ0v) is 29.6. The normalized spacial score (nSPS) is 11.8. The number of aromatic nitrogens is 1. The molecular weight excluding hydrogens is 661 g/mol. The largest absolute Gasteiger partial charge is 0.310 e. The molecule has 248 valence electrons. The second kappa shape index (κ2) is 11.9. The second-order valence-electron chi connectivity index (χ2n) is 13.7. The van der Waals surface area contributed by atoms with Gasteiger partial charge in [0.05, 0.1) is 16.7 Å². The zero-order chi connectivity index (χ0) is 34.9. The number of hydrogen-bond donors (Lipinski definition) is 0. The monoisotopic (exact) mass is 692 g/mol. The third-order valence-corrected chi connectivity index (χ3v) is 11.9. The molecule has 9 aromatic carbocycles. The summed E-state index contributed by atoms with van der Waals surface area (Å²) in [6.07, 6.45) is 0. The van der Waals surface area contributed by atoms with Crippen molar-refractivity contribution in [3.63, 3.8) is 0 Å². The van der Waals surface area contributed by atoms with Gasteiger partial charge in [0.15, 0.2) is 0 Å². The molecule has 0 bridgehead atoms. The Morgan fingerprint density at radius 1 is 0.415 bits per heavy atom. The highest BCUT2D eigenvalue weighted by Gasteiger charge is 2.23. The summed E-state index contributed by atoms with van der Waals surface area (Å²) in [5.41, 5.74) is 9.47. The minimum atomic E-state index is 1.12. The first-order valence-corrected chi connectivity index (χ1v) is 18.9. The smallest absolute Gasteiger partial charge is 0.0555 e. The van der Waals surface area contributed by atoms with Gasteiger partial charge >= 0.3 is 0 Å². The predicted octanol–water partition coefficient (Wildman–Crippen LogP) is 14.6. The standard InChI is InChI=1S/C50H32N2S/c1-3-13-33(14-4-1)41-28-30-47(49-43-20-10-12-22-48(43)53-50(41)49)51(37-25-27-40-35(31-37)24-23-34-15-7-8-18-39(34)40)38-26-29-46-44(32-38)42-19-9-11-21-45(42)52(46)36-16-5-2-6-17-36/h1-32H. The predicted molar refractivity (Wildman–Crippen MR) is 229 cm³/mol. The summed E-state index contributed by atoms with van der Waals surface area (Å²) in [5.74, 6) is 0. The molecule has 0 saturated heterocycles. The van der Waals surface area contributed by atoms with Gasteiger partial charge < -0.3 is 9.47 Å². The summed E-state index contributed by atoms with van der Waals surface area (Å²) in [4.78, 5) is 2.49. The second-order valence-corrected chi connectivity index (χ2v) is 14.8. The summed E-state index contributed by atoms with van der Waals surface area (Å²) in [6.45, 7) is 0. The van der Waals surface area contributed by atoms with E-state index in [9.17, 15) is 0 Å². The lowest BCUT2D eigenvalue weighted by molar-refractivity contribution is 1.18. The molecule has 0 aliphatic rings. The molecule has 0 radical (unpaired) electrons. The van der Waals surface area contributed by atoms with Crippen LogP contribution in [-0.4, -0.2) is 4.57 Å². The Labute approximate surface area is 311 Å². The summed E-state index contributed by atoms with van der Waals surface area (Å²) in [6, 6.07) is 71.0. The van der Waals surface area contributed by atoms with Crippen LogP contribution in [0.5, 0.6) is 0 Å². The van der Waals surface area contributed by atoms with E-state index < -0.39 is 0 Å². The molecule has 53 heavy (non-hydrogen) atoms. The van der Waals surface area contributed by atoms with E-state index in [2.05, 4.69) is 204 Å². The Hall–Kier alpha value is -6.68. The summed E-state index contributed by atoms with van der Waals surface area (Å²) >= 11 is 1.88. The first kappa shape index (κ1) is 30.0. The number of benzene rings is 9. The molecule has 0 amide bonds. The maximum Gasteiger partial charge on any atom is 0.0555 e. The highest BCUT2D eigenvalue weighted by Crippen LogP contribution is 2.49. The van der Waals surface area contributed by atoms with Crippen LogP contribution in [0, 0.1) is 0 Å².